The number of nitrogens with one attached hydrogen (secondary N) is 1. The third-order valence-corrected chi connectivity index (χ3v) is 4.07. The van der Waals surface area contributed by atoms with Crippen LogP contribution in [0.2, 0.25) is 5.02 Å². The fourth-order valence-corrected chi connectivity index (χ4v) is 2.58. The Bertz CT molecular complexity index is 1010. The Morgan fingerprint density at radius 3 is 2.58 bits per heavy atom. The average molecular weight is 371 g/mol. The Hall–Kier alpha value is -3.19. The molecule has 0 spiro atoms. The van der Waals surface area contributed by atoms with Gasteiger partial charge in [-0.3, -0.25) is 9.59 Å². The number of para-hydroxylation sites is 1. The van der Waals surface area contributed by atoms with Crippen LogP contribution in [0.25, 0.3) is 10.9 Å². The van der Waals surface area contributed by atoms with Crippen molar-refractivity contribution >= 4 is 40.0 Å². The van der Waals surface area contributed by atoms with Gasteiger partial charge in [-0.05, 0) is 30.3 Å². The second-order valence-corrected chi connectivity index (χ2v) is 5.97. The van der Waals surface area contributed by atoms with Crippen LogP contribution in [0.1, 0.15) is 10.4 Å². The molecule has 2 aromatic carbocycles. The second-order valence-electron chi connectivity index (χ2n) is 5.53. The second kappa shape index (κ2) is 7.37. The monoisotopic (exact) mass is 370 g/mol. The number of benzene rings is 2. The molecule has 0 atom stereocenters. The molecule has 132 valence electrons. The standard InChI is InChI=1S/C18H15ClN4O3/c1-23-14-5-3-2-4-13(14)16(18(23)26)22-21-15(24)10-20-17(25)11-6-8-12(19)9-7-11/h2-9,26H,10H2,1H3,(H,20,25). The normalized spacial score (nSPS) is 11.2. The number of aromatic hydroxyl groups is 1. The van der Waals surface area contributed by atoms with E-state index in [1.54, 1.807) is 48.0 Å². The Labute approximate surface area is 153 Å². The molecule has 0 unspecified atom stereocenters. The van der Waals surface area contributed by atoms with Crippen molar-refractivity contribution < 1.29 is 14.7 Å². The lowest BCUT2D eigenvalue weighted by Crippen LogP contribution is -2.28. The first kappa shape index (κ1) is 17.6. The summed E-state index contributed by atoms with van der Waals surface area (Å²) < 4.78 is 1.55. The highest BCUT2D eigenvalue weighted by Gasteiger charge is 2.14. The molecule has 0 radical (unpaired) electrons. The van der Waals surface area contributed by atoms with Crippen molar-refractivity contribution in [2.75, 3.05) is 6.54 Å². The third-order valence-electron chi connectivity index (χ3n) is 3.82. The van der Waals surface area contributed by atoms with Crippen molar-refractivity contribution in [3.63, 3.8) is 0 Å². The van der Waals surface area contributed by atoms with Gasteiger partial charge in [0.2, 0.25) is 5.88 Å². The first-order chi connectivity index (χ1) is 12.5. The van der Waals surface area contributed by atoms with Gasteiger partial charge in [0.1, 0.15) is 6.54 Å². The summed E-state index contributed by atoms with van der Waals surface area (Å²) in [7, 11) is 1.69. The summed E-state index contributed by atoms with van der Waals surface area (Å²) in [5.41, 5.74) is 1.36. The minimum absolute atomic E-state index is 0.0899. The molecular formula is C18H15ClN4O3. The maximum absolute atomic E-state index is 11.9. The van der Waals surface area contributed by atoms with Gasteiger partial charge in [0.25, 0.3) is 11.8 Å². The molecule has 3 rings (SSSR count). The number of hydrogen-bond acceptors (Lipinski definition) is 4. The molecule has 0 saturated heterocycles. The smallest absolute Gasteiger partial charge is 0.283 e. The predicted octanol–water partition coefficient (Wildman–Crippen LogP) is 3.58. The predicted molar refractivity (Wildman–Crippen MR) is 97.9 cm³/mol. The number of halogens is 1. The molecule has 2 N–H and O–H groups in total. The zero-order valence-corrected chi connectivity index (χ0v) is 14.6. The Kier molecular flexibility index (Phi) is 4.99. The van der Waals surface area contributed by atoms with E-state index in [2.05, 4.69) is 15.5 Å². The van der Waals surface area contributed by atoms with E-state index in [0.717, 1.165) is 5.52 Å². The SMILES string of the molecule is Cn1c(O)c(N=NC(=O)CNC(=O)c2ccc(Cl)cc2)c2ccccc21. The summed E-state index contributed by atoms with van der Waals surface area (Å²) >= 11 is 5.76. The van der Waals surface area contributed by atoms with Crippen molar-refractivity contribution in [1.82, 2.24) is 9.88 Å². The van der Waals surface area contributed by atoms with Crippen LogP contribution < -0.4 is 5.32 Å². The van der Waals surface area contributed by atoms with Gasteiger partial charge in [-0.25, -0.2) is 0 Å². The number of carbonyl (C=O) groups excluding carboxylic acids is 2. The summed E-state index contributed by atoms with van der Waals surface area (Å²) in [6.45, 7) is -0.309. The molecule has 26 heavy (non-hydrogen) atoms. The van der Waals surface area contributed by atoms with Gasteiger partial charge in [-0.1, -0.05) is 29.8 Å². The molecule has 0 aliphatic rings. The first-order valence-corrected chi connectivity index (χ1v) is 8.10. The van der Waals surface area contributed by atoms with Crippen LogP contribution in [0.15, 0.2) is 58.8 Å². The fourth-order valence-electron chi connectivity index (χ4n) is 2.46. The molecule has 2 amide bonds. The largest absolute Gasteiger partial charge is 0.493 e. The van der Waals surface area contributed by atoms with Crippen molar-refractivity contribution in [3.05, 3.63) is 59.1 Å². The van der Waals surface area contributed by atoms with Gasteiger partial charge in [0, 0.05) is 23.0 Å². The van der Waals surface area contributed by atoms with E-state index in [0.29, 0.717) is 16.0 Å². The molecule has 0 bridgehead atoms. The van der Waals surface area contributed by atoms with E-state index in [-0.39, 0.29) is 18.1 Å². The molecule has 1 aromatic heterocycles. The zero-order valence-electron chi connectivity index (χ0n) is 13.8. The highest BCUT2D eigenvalue weighted by Crippen LogP contribution is 2.37. The van der Waals surface area contributed by atoms with Crippen molar-refractivity contribution in [2.24, 2.45) is 17.3 Å². The number of hydrogen-bond donors (Lipinski definition) is 2. The maximum atomic E-state index is 11.9. The first-order valence-electron chi connectivity index (χ1n) is 7.72. The lowest BCUT2D eigenvalue weighted by atomic mass is 10.2. The Morgan fingerprint density at radius 1 is 1.15 bits per heavy atom. The van der Waals surface area contributed by atoms with Gasteiger partial charge in [0.15, 0.2) is 5.69 Å². The number of amides is 2. The molecule has 7 nitrogen and oxygen atoms in total. The van der Waals surface area contributed by atoms with Crippen LogP contribution in [-0.4, -0.2) is 28.0 Å². The van der Waals surface area contributed by atoms with E-state index in [9.17, 15) is 14.7 Å². The van der Waals surface area contributed by atoms with Gasteiger partial charge in [0.05, 0.1) is 5.52 Å². The van der Waals surface area contributed by atoms with Crippen LogP contribution in [0.5, 0.6) is 5.88 Å². The molecular weight excluding hydrogens is 356 g/mol. The summed E-state index contributed by atoms with van der Waals surface area (Å²) in [6, 6.07) is 13.5. The Balaban J connectivity index is 1.68. The van der Waals surface area contributed by atoms with Crippen molar-refractivity contribution in [2.45, 2.75) is 0 Å². The van der Waals surface area contributed by atoms with E-state index in [1.807, 2.05) is 12.1 Å². The topological polar surface area (TPSA) is 96.0 Å². The van der Waals surface area contributed by atoms with E-state index in [1.165, 1.54) is 0 Å². The van der Waals surface area contributed by atoms with Gasteiger partial charge in [-0.2, -0.15) is 0 Å². The van der Waals surface area contributed by atoms with Gasteiger partial charge in [-0.15, -0.1) is 10.2 Å². The van der Waals surface area contributed by atoms with Crippen molar-refractivity contribution in [1.29, 1.82) is 0 Å². The number of carbonyl (C=O) groups is 2. The van der Waals surface area contributed by atoms with E-state index < -0.39 is 11.8 Å². The molecule has 0 aliphatic heterocycles. The number of rotatable bonds is 4. The molecule has 8 heteroatoms. The number of aromatic nitrogens is 1. The number of nitrogens with zero attached hydrogens (tertiary/aromatic N) is 3. The minimum Gasteiger partial charge on any atom is -0.493 e. The van der Waals surface area contributed by atoms with Crippen LogP contribution >= 0.6 is 11.6 Å². The fraction of sp³-hybridized carbons (Fsp3) is 0.111. The van der Waals surface area contributed by atoms with Crippen LogP contribution in [0.3, 0.4) is 0 Å². The highest BCUT2D eigenvalue weighted by molar-refractivity contribution is 6.30. The lowest BCUT2D eigenvalue weighted by molar-refractivity contribution is -0.117. The quantitative estimate of drug-likeness (QED) is 0.687. The minimum atomic E-state index is -0.639. The van der Waals surface area contributed by atoms with Crippen LogP contribution in [0.4, 0.5) is 5.69 Å². The molecule has 1 heterocycles. The molecule has 3 aromatic rings. The zero-order chi connectivity index (χ0) is 18.7. The summed E-state index contributed by atoms with van der Waals surface area (Å²) in [5.74, 6) is -1.15. The lowest BCUT2D eigenvalue weighted by Gasteiger charge is -2.02. The number of fused-ring (bicyclic) bond motifs is 1. The number of aryl methyl sites for hydroxylation is 1. The highest BCUT2D eigenvalue weighted by atomic mass is 35.5. The number of azo groups is 1. The maximum Gasteiger partial charge on any atom is 0.283 e. The van der Waals surface area contributed by atoms with Gasteiger partial charge >= 0.3 is 0 Å². The van der Waals surface area contributed by atoms with Crippen LogP contribution in [0, 0.1) is 0 Å². The Morgan fingerprint density at radius 2 is 1.85 bits per heavy atom. The summed E-state index contributed by atoms with van der Waals surface area (Å²) in [6.07, 6.45) is 0. The van der Waals surface area contributed by atoms with E-state index in [4.69, 9.17) is 11.6 Å². The van der Waals surface area contributed by atoms with Gasteiger partial charge < -0.3 is 15.0 Å². The van der Waals surface area contributed by atoms with E-state index >= 15 is 0 Å². The summed E-state index contributed by atoms with van der Waals surface area (Å²) in [4.78, 5) is 23.8. The summed E-state index contributed by atoms with van der Waals surface area (Å²) in [5, 5.41) is 21.2. The molecule has 0 aliphatic carbocycles. The third kappa shape index (κ3) is 3.57. The molecule has 0 saturated carbocycles. The van der Waals surface area contributed by atoms with Crippen LogP contribution in [-0.2, 0) is 11.8 Å². The average Bonchev–Trinajstić information content (AvgIpc) is 2.89. The molecule has 0 fully saturated rings. The van der Waals surface area contributed by atoms with Crippen molar-refractivity contribution in [3.8, 4) is 5.88 Å².